The Morgan fingerprint density at radius 3 is 2.84 bits per heavy atom. The summed E-state index contributed by atoms with van der Waals surface area (Å²) in [5.74, 6) is -0.876. The maximum Gasteiger partial charge on any atom is 0.342 e. The second-order valence-electron chi connectivity index (χ2n) is 3.86. The van der Waals surface area contributed by atoms with Crippen LogP contribution in [-0.2, 0) is 6.54 Å². The Morgan fingerprint density at radius 1 is 1.58 bits per heavy atom. The number of halogens is 1. The van der Waals surface area contributed by atoms with E-state index in [1.807, 2.05) is 24.3 Å². The van der Waals surface area contributed by atoms with Gasteiger partial charge in [0.1, 0.15) is 16.4 Å². The Labute approximate surface area is 122 Å². The molecule has 5 nitrogen and oxygen atoms in total. The van der Waals surface area contributed by atoms with Crippen molar-refractivity contribution in [2.75, 3.05) is 12.0 Å². The van der Waals surface area contributed by atoms with Crippen molar-refractivity contribution >= 4 is 39.5 Å². The number of nitrogen functional groups attached to an aromatic ring is 1. The maximum atomic E-state index is 11.2. The zero-order valence-electron chi connectivity index (χ0n) is 10.1. The lowest BCUT2D eigenvalue weighted by atomic mass is 10.2. The van der Waals surface area contributed by atoms with E-state index in [0.717, 1.165) is 10.0 Å². The van der Waals surface area contributed by atoms with E-state index in [9.17, 15) is 4.79 Å². The second kappa shape index (κ2) is 5.66. The fourth-order valence-corrected chi connectivity index (χ4v) is 2.75. The topological polar surface area (TPSA) is 81.1 Å². The monoisotopic (exact) mass is 341 g/mol. The Hall–Kier alpha value is -1.47. The summed E-state index contributed by atoms with van der Waals surface area (Å²) in [6.45, 7) is 0.437. The van der Waals surface area contributed by atoms with Gasteiger partial charge in [-0.15, -0.1) is 11.8 Å². The zero-order valence-corrected chi connectivity index (χ0v) is 12.5. The number of rotatable bonds is 4. The molecule has 0 unspecified atom stereocenters. The minimum atomic E-state index is -1.05. The summed E-state index contributed by atoms with van der Waals surface area (Å²) >= 11 is 4.66. The standard InChI is InChI=1S/C12H12BrN3O2S/c1-19-11-9(12(17)18)10(14)16(15-11)6-7-3-2-4-8(13)5-7/h2-5H,6,14H2,1H3,(H,17,18). The van der Waals surface area contributed by atoms with Crippen LogP contribution in [0.5, 0.6) is 0 Å². The normalized spacial score (nSPS) is 10.6. The molecular weight excluding hydrogens is 330 g/mol. The fraction of sp³-hybridized carbons (Fsp3) is 0.167. The molecule has 2 rings (SSSR count). The van der Waals surface area contributed by atoms with Gasteiger partial charge in [0.05, 0.1) is 6.54 Å². The highest BCUT2D eigenvalue weighted by Gasteiger charge is 2.21. The molecule has 0 aliphatic heterocycles. The van der Waals surface area contributed by atoms with E-state index in [2.05, 4.69) is 21.0 Å². The first-order chi connectivity index (χ1) is 9.02. The molecule has 0 saturated heterocycles. The van der Waals surface area contributed by atoms with Crippen molar-refractivity contribution in [2.24, 2.45) is 0 Å². The third-order valence-electron chi connectivity index (χ3n) is 2.59. The lowest BCUT2D eigenvalue weighted by Gasteiger charge is -2.04. The number of benzene rings is 1. The smallest absolute Gasteiger partial charge is 0.342 e. The number of aromatic nitrogens is 2. The first kappa shape index (κ1) is 14.0. The minimum Gasteiger partial charge on any atom is -0.477 e. The van der Waals surface area contributed by atoms with E-state index < -0.39 is 5.97 Å². The molecule has 7 heteroatoms. The number of hydrogen-bond acceptors (Lipinski definition) is 4. The SMILES string of the molecule is CSc1nn(Cc2cccc(Br)c2)c(N)c1C(=O)O. The van der Waals surface area contributed by atoms with Gasteiger partial charge in [-0.3, -0.25) is 0 Å². The average Bonchev–Trinajstić information content (AvgIpc) is 2.66. The van der Waals surface area contributed by atoms with Gasteiger partial charge >= 0.3 is 5.97 Å². The summed E-state index contributed by atoms with van der Waals surface area (Å²) in [5.41, 5.74) is 6.93. The summed E-state index contributed by atoms with van der Waals surface area (Å²) < 4.78 is 2.47. The summed E-state index contributed by atoms with van der Waals surface area (Å²) in [5, 5.41) is 13.8. The van der Waals surface area contributed by atoms with E-state index in [4.69, 9.17) is 10.8 Å². The average molecular weight is 342 g/mol. The molecule has 3 N–H and O–H groups in total. The van der Waals surface area contributed by atoms with Gasteiger partial charge in [0.2, 0.25) is 0 Å². The number of carboxylic acid groups (broad SMARTS) is 1. The number of hydrogen-bond donors (Lipinski definition) is 2. The van der Waals surface area contributed by atoms with E-state index in [0.29, 0.717) is 11.6 Å². The van der Waals surface area contributed by atoms with Crippen molar-refractivity contribution in [3.63, 3.8) is 0 Å². The van der Waals surface area contributed by atoms with Gasteiger partial charge in [0.25, 0.3) is 0 Å². The van der Waals surface area contributed by atoms with Gasteiger partial charge in [-0.05, 0) is 24.0 Å². The summed E-state index contributed by atoms with van der Waals surface area (Å²) in [7, 11) is 0. The highest BCUT2D eigenvalue weighted by Crippen LogP contribution is 2.25. The Bertz CT molecular complexity index is 627. The first-order valence-corrected chi connectivity index (χ1v) is 7.42. The largest absolute Gasteiger partial charge is 0.477 e. The Kier molecular flexibility index (Phi) is 4.16. The highest BCUT2D eigenvalue weighted by molar-refractivity contribution is 9.10. The van der Waals surface area contributed by atoms with E-state index in [-0.39, 0.29) is 11.4 Å². The van der Waals surface area contributed by atoms with Gasteiger partial charge in [0.15, 0.2) is 0 Å². The molecule has 2 aromatic rings. The summed E-state index contributed by atoms with van der Waals surface area (Å²) in [6.07, 6.45) is 1.78. The predicted octanol–water partition coefficient (Wildman–Crippen LogP) is 2.70. The molecule has 0 saturated carbocycles. The van der Waals surface area contributed by atoms with Crippen molar-refractivity contribution in [1.29, 1.82) is 0 Å². The second-order valence-corrected chi connectivity index (χ2v) is 5.57. The lowest BCUT2D eigenvalue weighted by Crippen LogP contribution is -2.08. The molecule has 0 amide bonds. The molecule has 0 atom stereocenters. The van der Waals surface area contributed by atoms with Gasteiger partial charge in [0, 0.05) is 4.47 Å². The number of carboxylic acids is 1. The van der Waals surface area contributed by atoms with Gasteiger partial charge in [-0.1, -0.05) is 28.1 Å². The number of thioether (sulfide) groups is 1. The van der Waals surface area contributed by atoms with Crippen molar-refractivity contribution in [1.82, 2.24) is 9.78 Å². The van der Waals surface area contributed by atoms with Crippen LogP contribution in [-0.4, -0.2) is 27.1 Å². The third-order valence-corrected chi connectivity index (χ3v) is 3.75. The third kappa shape index (κ3) is 2.93. The fourth-order valence-electron chi connectivity index (χ4n) is 1.72. The molecule has 0 aliphatic carbocycles. The minimum absolute atomic E-state index is 0.0718. The number of anilines is 1. The van der Waals surface area contributed by atoms with Crippen LogP contribution in [0.2, 0.25) is 0 Å². The van der Waals surface area contributed by atoms with Crippen LogP contribution in [0.3, 0.4) is 0 Å². The number of nitrogens with zero attached hydrogens (tertiary/aromatic N) is 2. The van der Waals surface area contributed by atoms with Crippen LogP contribution in [0, 0.1) is 0 Å². The Balaban J connectivity index is 2.38. The van der Waals surface area contributed by atoms with E-state index in [1.54, 1.807) is 6.26 Å². The van der Waals surface area contributed by atoms with Gasteiger partial charge in [-0.25, -0.2) is 9.48 Å². The number of carbonyl (C=O) groups is 1. The van der Waals surface area contributed by atoms with Crippen LogP contribution in [0.15, 0.2) is 33.8 Å². The molecule has 1 aromatic carbocycles. The summed E-state index contributed by atoms with van der Waals surface area (Å²) in [4.78, 5) is 11.2. The lowest BCUT2D eigenvalue weighted by molar-refractivity contribution is 0.0694. The molecular formula is C12H12BrN3O2S. The Morgan fingerprint density at radius 2 is 2.32 bits per heavy atom. The van der Waals surface area contributed by atoms with Crippen molar-refractivity contribution in [2.45, 2.75) is 11.6 Å². The number of nitrogens with two attached hydrogens (primary N) is 1. The molecule has 0 aliphatic rings. The van der Waals surface area contributed by atoms with Crippen LogP contribution in [0.1, 0.15) is 15.9 Å². The van der Waals surface area contributed by atoms with Crippen molar-refractivity contribution in [3.8, 4) is 0 Å². The van der Waals surface area contributed by atoms with Crippen LogP contribution >= 0.6 is 27.7 Å². The number of aromatic carboxylic acids is 1. The molecule has 0 spiro atoms. The molecule has 1 heterocycles. The van der Waals surface area contributed by atoms with Crippen LogP contribution in [0.25, 0.3) is 0 Å². The molecule has 1 aromatic heterocycles. The molecule has 19 heavy (non-hydrogen) atoms. The van der Waals surface area contributed by atoms with Crippen LogP contribution < -0.4 is 5.73 Å². The van der Waals surface area contributed by atoms with Gasteiger partial charge in [-0.2, -0.15) is 5.10 Å². The predicted molar refractivity (Wildman–Crippen MR) is 78.6 cm³/mol. The maximum absolute atomic E-state index is 11.2. The van der Waals surface area contributed by atoms with Crippen LogP contribution in [0.4, 0.5) is 5.82 Å². The van der Waals surface area contributed by atoms with Gasteiger partial charge < -0.3 is 10.8 Å². The molecule has 0 fully saturated rings. The quantitative estimate of drug-likeness (QED) is 0.835. The van der Waals surface area contributed by atoms with Crippen molar-refractivity contribution < 1.29 is 9.90 Å². The first-order valence-electron chi connectivity index (χ1n) is 5.41. The summed E-state index contributed by atoms with van der Waals surface area (Å²) in [6, 6.07) is 7.71. The molecule has 0 bridgehead atoms. The van der Waals surface area contributed by atoms with Crippen molar-refractivity contribution in [3.05, 3.63) is 39.9 Å². The van der Waals surface area contributed by atoms with E-state index >= 15 is 0 Å². The molecule has 0 radical (unpaired) electrons. The highest BCUT2D eigenvalue weighted by atomic mass is 79.9. The molecule has 100 valence electrons. The van der Waals surface area contributed by atoms with E-state index in [1.165, 1.54) is 16.4 Å². The zero-order chi connectivity index (χ0) is 14.0.